The highest BCUT2D eigenvalue weighted by molar-refractivity contribution is 7.89. The van der Waals surface area contributed by atoms with Gasteiger partial charge in [0.25, 0.3) is 0 Å². The summed E-state index contributed by atoms with van der Waals surface area (Å²) < 4.78 is 41.3. The molecule has 4 nitrogen and oxygen atoms in total. The van der Waals surface area contributed by atoms with Crippen molar-refractivity contribution in [2.75, 3.05) is 7.05 Å². The van der Waals surface area contributed by atoms with E-state index in [4.69, 9.17) is 0 Å². The minimum absolute atomic E-state index is 0.0265. The van der Waals surface area contributed by atoms with Gasteiger partial charge in [0.15, 0.2) is 0 Å². The zero-order chi connectivity index (χ0) is 15.6. The van der Waals surface area contributed by atoms with Crippen LogP contribution in [0, 0.1) is 5.82 Å². The molecule has 0 aromatic heterocycles. The third-order valence-electron chi connectivity index (χ3n) is 4.12. The lowest BCUT2D eigenvalue weighted by atomic mass is 10.2. The Hall–Kier alpha value is -0.980. The number of hydrogen-bond acceptors (Lipinski definition) is 3. The molecule has 1 aromatic rings. The minimum atomic E-state index is -3.77. The molecule has 0 bridgehead atoms. The Morgan fingerprint density at radius 2 is 2.10 bits per heavy atom. The highest BCUT2D eigenvalue weighted by Crippen LogP contribution is 2.33. The molecule has 118 valence electrons. The molecule has 0 amide bonds. The molecule has 1 fully saturated rings. The van der Waals surface area contributed by atoms with E-state index in [9.17, 15) is 12.8 Å². The van der Waals surface area contributed by atoms with E-state index in [1.807, 2.05) is 13.8 Å². The molecule has 2 unspecified atom stereocenters. The molecule has 1 N–H and O–H groups in total. The van der Waals surface area contributed by atoms with Crippen molar-refractivity contribution in [3.63, 3.8) is 0 Å². The van der Waals surface area contributed by atoms with Gasteiger partial charge in [0.1, 0.15) is 10.7 Å². The van der Waals surface area contributed by atoms with Gasteiger partial charge in [-0.15, -0.1) is 0 Å². The van der Waals surface area contributed by atoms with Crippen molar-refractivity contribution in [3.05, 3.63) is 29.6 Å². The number of nitrogens with zero attached hydrogens (tertiary/aromatic N) is 1. The van der Waals surface area contributed by atoms with E-state index in [1.165, 1.54) is 16.4 Å². The van der Waals surface area contributed by atoms with Crippen LogP contribution in [0.25, 0.3) is 0 Å². The molecule has 0 spiro atoms. The van der Waals surface area contributed by atoms with Crippen LogP contribution >= 0.6 is 0 Å². The van der Waals surface area contributed by atoms with Gasteiger partial charge in [-0.3, -0.25) is 0 Å². The van der Waals surface area contributed by atoms with Crippen LogP contribution in [0.1, 0.15) is 38.7 Å². The van der Waals surface area contributed by atoms with Gasteiger partial charge in [-0.05, 0) is 50.9 Å². The largest absolute Gasteiger partial charge is 0.316 e. The number of sulfonamides is 1. The summed E-state index contributed by atoms with van der Waals surface area (Å²) in [4.78, 5) is -0.213. The van der Waals surface area contributed by atoms with Gasteiger partial charge in [-0.25, -0.2) is 12.8 Å². The molecular formula is C15H23FN2O2S. The van der Waals surface area contributed by atoms with Crippen LogP contribution < -0.4 is 5.32 Å². The Balaban J connectivity index is 2.39. The van der Waals surface area contributed by atoms with Crippen molar-refractivity contribution in [2.24, 2.45) is 0 Å². The predicted molar refractivity (Wildman–Crippen MR) is 81.0 cm³/mol. The van der Waals surface area contributed by atoms with Crippen LogP contribution in [0.3, 0.4) is 0 Å². The zero-order valence-electron chi connectivity index (χ0n) is 12.8. The Bertz CT molecular complexity index is 604. The maximum atomic E-state index is 14.2. The van der Waals surface area contributed by atoms with Gasteiger partial charge in [0.05, 0.1) is 0 Å². The third-order valence-corrected chi connectivity index (χ3v) is 6.22. The van der Waals surface area contributed by atoms with E-state index < -0.39 is 15.8 Å². The average Bonchev–Trinajstić information content (AvgIpc) is 2.80. The first-order valence-electron chi connectivity index (χ1n) is 7.38. The summed E-state index contributed by atoms with van der Waals surface area (Å²) in [5.74, 6) is -0.670. The van der Waals surface area contributed by atoms with Crippen LogP contribution in [-0.4, -0.2) is 31.9 Å². The van der Waals surface area contributed by atoms with E-state index >= 15 is 0 Å². The second-order valence-electron chi connectivity index (χ2n) is 5.62. The molecule has 1 heterocycles. The Kier molecular flexibility index (Phi) is 5.01. The van der Waals surface area contributed by atoms with E-state index in [0.29, 0.717) is 6.54 Å². The molecule has 0 saturated carbocycles. The molecule has 6 heteroatoms. The topological polar surface area (TPSA) is 49.4 Å². The second kappa shape index (κ2) is 6.42. The van der Waals surface area contributed by atoms with Gasteiger partial charge < -0.3 is 5.32 Å². The summed E-state index contributed by atoms with van der Waals surface area (Å²) in [5.41, 5.74) is 0.732. The van der Waals surface area contributed by atoms with Gasteiger partial charge in [0, 0.05) is 18.6 Å². The standard InChI is InChI=1S/C15H23FN2O2S/c1-4-13-7-5-11(2)18(13)21(19,20)15-8-6-12(10-17-3)9-14(15)16/h6,8-9,11,13,17H,4-5,7,10H2,1-3H3. The fourth-order valence-electron chi connectivity index (χ4n) is 3.05. The van der Waals surface area contributed by atoms with Gasteiger partial charge >= 0.3 is 0 Å². The number of hydrogen-bond donors (Lipinski definition) is 1. The summed E-state index contributed by atoms with van der Waals surface area (Å²) in [6.07, 6.45) is 2.43. The first kappa shape index (κ1) is 16.4. The summed E-state index contributed by atoms with van der Waals surface area (Å²) in [5, 5.41) is 2.92. The monoisotopic (exact) mass is 314 g/mol. The van der Waals surface area contributed by atoms with Crippen LogP contribution in [0.4, 0.5) is 4.39 Å². The Morgan fingerprint density at radius 3 is 2.67 bits per heavy atom. The van der Waals surface area contributed by atoms with Gasteiger partial charge in [0.2, 0.25) is 10.0 Å². The molecule has 0 aliphatic carbocycles. The summed E-state index contributed by atoms with van der Waals surface area (Å²) in [6, 6.07) is 4.24. The van der Waals surface area contributed by atoms with E-state index in [0.717, 1.165) is 24.8 Å². The lowest BCUT2D eigenvalue weighted by Gasteiger charge is -2.27. The molecule has 0 radical (unpaired) electrons. The maximum absolute atomic E-state index is 14.2. The number of benzene rings is 1. The number of nitrogens with one attached hydrogen (secondary N) is 1. The summed E-state index contributed by atoms with van der Waals surface area (Å²) in [7, 11) is -2.01. The zero-order valence-corrected chi connectivity index (χ0v) is 13.6. The number of halogens is 1. The van der Waals surface area contributed by atoms with Crippen molar-refractivity contribution >= 4 is 10.0 Å². The molecule has 1 aliphatic rings. The molecule has 1 aromatic carbocycles. The predicted octanol–water partition coefficient (Wildman–Crippen LogP) is 2.50. The smallest absolute Gasteiger partial charge is 0.246 e. The molecule has 1 saturated heterocycles. The summed E-state index contributed by atoms with van der Waals surface area (Å²) in [6.45, 7) is 4.37. The quantitative estimate of drug-likeness (QED) is 0.908. The maximum Gasteiger partial charge on any atom is 0.246 e. The van der Waals surface area contributed by atoms with Gasteiger partial charge in [-0.1, -0.05) is 13.0 Å². The van der Waals surface area contributed by atoms with E-state index in [1.54, 1.807) is 13.1 Å². The first-order chi connectivity index (χ1) is 9.91. The van der Waals surface area contributed by atoms with Crippen molar-refractivity contribution < 1.29 is 12.8 Å². The minimum Gasteiger partial charge on any atom is -0.316 e. The highest BCUT2D eigenvalue weighted by atomic mass is 32.2. The van der Waals surface area contributed by atoms with Crippen LogP contribution in [0.15, 0.2) is 23.1 Å². The van der Waals surface area contributed by atoms with E-state index in [2.05, 4.69) is 5.32 Å². The first-order valence-corrected chi connectivity index (χ1v) is 8.82. The average molecular weight is 314 g/mol. The summed E-state index contributed by atoms with van der Waals surface area (Å²) >= 11 is 0. The SMILES string of the molecule is CCC1CCC(C)N1S(=O)(=O)c1ccc(CNC)cc1F. The molecule has 21 heavy (non-hydrogen) atoms. The second-order valence-corrected chi connectivity index (χ2v) is 7.43. The molecule has 1 aliphatic heterocycles. The molecule has 2 atom stereocenters. The van der Waals surface area contributed by atoms with Crippen molar-refractivity contribution in [1.82, 2.24) is 9.62 Å². The Morgan fingerprint density at radius 1 is 1.38 bits per heavy atom. The highest BCUT2D eigenvalue weighted by Gasteiger charge is 2.40. The normalized spacial score (nSPS) is 23.6. The van der Waals surface area contributed by atoms with Gasteiger partial charge in [-0.2, -0.15) is 4.31 Å². The van der Waals surface area contributed by atoms with Crippen molar-refractivity contribution in [3.8, 4) is 0 Å². The fourth-order valence-corrected chi connectivity index (χ4v) is 5.05. The van der Waals surface area contributed by atoms with Crippen LogP contribution in [-0.2, 0) is 16.6 Å². The third kappa shape index (κ3) is 3.12. The van der Waals surface area contributed by atoms with Crippen molar-refractivity contribution in [1.29, 1.82) is 0 Å². The lowest BCUT2D eigenvalue weighted by molar-refractivity contribution is 0.327. The molecular weight excluding hydrogens is 291 g/mol. The lowest BCUT2D eigenvalue weighted by Crippen LogP contribution is -2.40. The van der Waals surface area contributed by atoms with E-state index in [-0.39, 0.29) is 17.0 Å². The fraction of sp³-hybridized carbons (Fsp3) is 0.600. The van der Waals surface area contributed by atoms with Crippen molar-refractivity contribution in [2.45, 2.75) is 56.6 Å². The van der Waals surface area contributed by atoms with Crippen LogP contribution in [0.5, 0.6) is 0 Å². The molecule has 2 rings (SSSR count). The Labute approximate surface area is 126 Å². The number of rotatable bonds is 5. The van der Waals surface area contributed by atoms with Crippen LogP contribution in [0.2, 0.25) is 0 Å².